The normalized spacial score (nSPS) is 19.9. The molecule has 1 unspecified atom stereocenters. The number of oxime groups is 1. The number of thiazole rings is 1. The second kappa shape index (κ2) is 10.5. The van der Waals surface area contributed by atoms with Crippen molar-refractivity contribution in [3.05, 3.63) is 20.6 Å². The van der Waals surface area contributed by atoms with Crippen LogP contribution in [0.25, 0.3) is 0 Å². The Kier molecular flexibility index (Phi) is 7.64. The molecule has 0 radical (unpaired) electrons. The fourth-order valence-corrected chi connectivity index (χ4v) is 7.25. The monoisotopic (exact) mass is 580 g/mol. The van der Waals surface area contributed by atoms with Crippen LogP contribution >= 0.6 is 57.8 Å². The predicted molar refractivity (Wildman–Crippen MR) is 130 cm³/mol. The van der Waals surface area contributed by atoms with Crippen molar-refractivity contribution in [2.45, 2.75) is 15.8 Å². The number of nitrogen functional groups attached to an aromatic ring is 2. The van der Waals surface area contributed by atoms with Gasteiger partial charge in [-0.15, -0.1) is 22.0 Å². The van der Waals surface area contributed by atoms with Crippen molar-refractivity contribution in [2.75, 3.05) is 30.5 Å². The number of alkyl halides is 1. The van der Waals surface area contributed by atoms with Crippen molar-refractivity contribution < 1.29 is 28.7 Å². The maximum atomic E-state index is 13.0. The molecule has 35 heavy (non-hydrogen) atoms. The summed E-state index contributed by atoms with van der Waals surface area (Å²) in [7, 11) is 0. The smallest absolute Gasteiger partial charge is 0.353 e. The molecule has 13 nitrogen and oxygen atoms in total. The third kappa shape index (κ3) is 5.15. The van der Waals surface area contributed by atoms with E-state index < -0.39 is 48.2 Å². The maximum absolute atomic E-state index is 13.0. The van der Waals surface area contributed by atoms with Crippen LogP contribution in [0.1, 0.15) is 5.69 Å². The number of fused-ring (bicyclic) bond motifs is 1. The Morgan fingerprint density at radius 1 is 1.34 bits per heavy atom. The number of carboxylic acid groups (broad SMARTS) is 1. The van der Waals surface area contributed by atoms with Crippen LogP contribution in [0.5, 0.6) is 0 Å². The Morgan fingerprint density at radius 3 is 2.71 bits per heavy atom. The first-order chi connectivity index (χ1) is 16.7. The fraction of sp³-hybridized carbons (Fsp3) is 0.312. The molecule has 186 valence electrons. The molecule has 2 aromatic rings. The molecule has 0 saturated carbocycles. The number of aliphatic carboxylic acids is 1. The second-order valence-corrected chi connectivity index (χ2v) is 11.7. The number of amides is 2. The molecule has 0 aromatic carbocycles. The minimum atomic E-state index is -1.31. The van der Waals surface area contributed by atoms with E-state index >= 15 is 0 Å². The number of carbonyl (C=O) groups is 3. The summed E-state index contributed by atoms with van der Waals surface area (Å²) in [6.45, 7) is -1.27. The van der Waals surface area contributed by atoms with Crippen LogP contribution < -0.4 is 16.8 Å². The van der Waals surface area contributed by atoms with E-state index in [4.69, 9.17) is 27.9 Å². The number of carbonyl (C=O) groups excluding carboxylic acids is 2. The lowest BCUT2D eigenvalue weighted by Crippen LogP contribution is -2.71. The third-order valence-corrected chi connectivity index (χ3v) is 8.85. The van der Waals surface area contributed by atoms with Gasteiger partial charge in [-0.2, -0.15) is 0 Å². The average Bonchev–Trinajstić information content (AvgIpc) is 3.37. The summed E-state index contributed by atoms with van der Waals surface area (Å²) < 4.78 is 12.9. The maximum Gasteiger partial charge on any atom is 0.353 e. The number of nitrogens with zero attached hydrogens (tertiary/aromatic N) is 5. The average molecular weight is 581 g/mol. The van der Waals surface area contributed by atoms with Crippen LogP contribution in [0, 0.1) is 0 Å². The number of halogens is 2. The SMILES string of the molecule is Nc1nnc(SC2=C(C(=O)O)N3C(=O)[C@@H](NC(=O)/C(=N/OCCF)c4nc(N)sc4Cl)C3SC2)s1. The van der Waals surface area contributed by atoms with Crippen molar-refractivity contribution in [3.8, 4) is 0 Å². The van der Waals surface area contributed by atoms with Gasteiger partial charge < -0.3 is 26.7 Å². The van der Waals surface area contributed by atoms with Gasteiger partial charge in [0, 0.05) is 10.7 Å². The van der Waals surface area contributed by atoms with Crippen molar-refractivity contribution >= 4 is 91.6 Å². The molecule has 2 atom stereocenters. The molecular formula is C16H14ClFN8O5S4. The van der Waals surface area contributed by atoms with E-state index in [-0.39, 0.29) is 31.7 Å². The Labute approximate surface area is 217 Å². The molecule has 2 aliphatic rings. The summed E-state index contributed by atoms with van der Waals surface area (Å²) in [6.07, 6.45) is 0. The fourth-order valence-electron chi connectivity index (χ4n) is 3.05. The number of nitrogens with two attached hydrogens (primary N) is 2. The Balaban J connectivity index is 1.54. The van der Waals surface area contributed by atoms with E-state index in [9.17, 15) is 23.9 Å². The molecule has 1 fully saturated rings. The van der Waals surface area contributed by atoms with E-state index in [1.807, 2.05) is 0 Å². The van der Waals surface area contributed by atoms with E-state index in [0.717, 1.165) is 39.3 Å². The molecule has 1 saturated heterocycles. The molecule has 2 aromatic heterocycles. The highest BCUT2D eigenvalue weighted by Crippen LogP contribution is 2.45. The first-order valence-corrected chi connectivity index (χ1v) is 13.3. The van der Waals surface area contributed by atoms with E-state index in [0.29, 0.717) is 9.24 Å². The van der Waals surface area contributed by atoms with Gasteiger partial charge >= 0.3 is 5.97 Å². The van der Waals surface area contributed by atoms with Crippen LogP contribution in [0.3, 0.4) is 0 Å². The quantitative estimate of drug-likeness (QED) is 0.142. The van der Waals surface area contributed by atoms with Crippen molar-refractivity contribution in [1.29, 1.82) is 0 Å². The van der Waals surface area contributed by atoms with E-state index in [1.165, 1.54) is 11.8 Å². The lowest BCUT2D eigenvalue weighted by Gasteiger charge is -2.49. The Morgan fingerprint density at radius 2 is 2.11 bits per heavy atom. The number of aromatic nitrogens is 3. The van der Waals surface area contributed by atoms with Gasteiger partial charge in [0.1, 0.15) is 40.4 Å². The molecule has 2 amide bonds. The largest absolute Gasteiger partial charge is 0.477 e. The van der Waals surface area contributed by atoms with Gasteiger partial charge in [0.2, 0.25) is 5.13 Å². The summed E-state index contributed by atoms with van der Waals surface area (Å²) in [6, 6.07) is -1.06. The van der Waals surface area contributed by atoms with Gasteiger partial charge in [0.25, 0.3) is 11.8 Å². The zero-order valence-electron chi connectivity index (χ0n) is 17.1. The summed E-state index contributed by atoms with van der Waals surface area (Å²) in [5.41, 5.74) is 10.5. The minimum Gasteiger partial charge on any atom is -0.477 e. The Bertz CT molecular complexity index is 1250. The number of hydrogen-bond donors (Lipinski definition) is 4. The van der Waals surface area contributed by atoms with Crippen LogP contribution in [-0.4, -0.2) is 79.1 Å². The van der Waals surface area contributed by atoms with Crippen LogP contribution in [0.4, 0.5) is 14.7 Å². The van der Waals surface area contributed by atoms with E-state index in [2.05, 4.69) is 25.7 Å². The summed E-state index contributed by atoms with van der Waals surface area (Å²) in [5.74, 6) is -2.59. The van der Waals surface area contributed by atoms with Crippen LogP contribution in [0.2, 0.25) is 4.34 Å². The van der Waals surface area contributed by atoms with Gasteiger partial charge in [-0.25, -0.2) is 14.2 Å². The number of rotatable bonds is 9. The summed E-state index contributed by atoms with van der Waals surface area (Å²) in [4.78, 5) is 48.1. The predicted octanol–water partition coefficient (Wildman–Crippen LogP) is 0.991. The molecule has 6 N–H and O–H groups in total. The number of hydrogen-bond acceptors (Lipinski definition) is 14. The molecule has 2 aliphatic heterocycles. The van der Waals surface area contributed by atoms with E-state index in [1.54, 1.807) is 0 Å². The highest BCUT2D eigenvalue weighted by atomic mass is 35.5. The van der Waals surface area contributed by atoms with Crippen molar-refractivity contribution in [1.82, 2.24) is 25.4 Å². The molecular weight excluding hydrogens is 567 g/mol. The van der Waals surface area contributed by atoms with Crippen LogP contribution in [0.15, 0.2) is 20.1 Å². The number of nitrogens with one attached hydrogen (secondary N) is 1. The summed E-state index contributed by atoms with van der Waals surface area (Å²) >= 11 is 10.4. The van der Waals surface area contributed by atoms with Crippen LogP contribution in [-0.2, 0) is 19.2 Å². The van der Waals surface area contributed by atoms with Gasteiger partial charge in [0.05, 0.1) is 0 Å². The number of anilines is 2. The second-order valence-electron chi connectivity index (χ2n) is 6.58. The van der Waals surface area contributed by atoms with Gasteiger partial charge in [0.15, 0.2) is 15.2 Å². The standard InChI is InChI=1S/C16H14ClFN8O5S4/c17-9-5(22-14(19)34-9)6(25-31-2-1-18)10(27)21-7-11(28)26-8(13(29)30)4(3-32-12(7)26)33-16-24-23-15(20)35-16/h7,12H,1-3H2,(H2,19,22)(H2,20,23)(H,21,27)(H,29,30)/b25-6+/t7-,12?/m1/s1. The lowest BCUT2D eigenvalue weighted by atomic mass is 10.0. The number of carboxylic acids is 1. The molecule has 19 heteroatoms. The first kappa shape index (κ1) is 25.4. The summed E-state index contributed by atoms with van der Waals surface area (Å²) in [5, 5.41) is 23.0. The highest BCUT2D eigenvalue weighted by Gasteiger charge is 2.54. The molecule has 0 aliphatic carbocycles. The zero-order chi connectivity index (χ0) is 25.3. The molecule has 0 spiro atoms. The number of β-lactam (4-membered cyclic amide) rings is 1. The Hall–Kier alpha value is -2.67. The first-order valence-electron chi connectivity index (χ1n) is 9.38. The minimum absolute atomic E-state index is 0.0453. The molecule has 0 bridgehead atoms. The molecule has 4 rings (SSSR count). The van der Waals surface area contributed by atoms with Gasteiger partial charge in [-0.1, -0.05) is 51.2 Å². The van der Waals surface area contributed by atoms with Gasteiger partial charge in [-0.3, -0.25) is 14.5 Å². The zero-order valence-corrected chi connectivity index (χ0v) is 21.2. The van der Waals surface area contributed by atoms with Gasteiger partial charge in [-0.05, 0) is 0 Å². The third-order valence-electron chi connectivity index (χ3n) is 4.42. The van der Waals surface area contributed by atoms with Crippen molar-refractivity contribution in [2.24, 2.45) is 5.16 Å². The number of thioether (sulfide) groups is 2. The molecule has 4 heterocycles. The van der Waals surface area contributed by atoms with Crippen molar-refractivity contribution in [3.63, 3.8) is 0 Å². The lowest BCUT2D eigenvalue weighted by molar-refractivity contribution is -0.150. The topological polar surface area (TPSA) is 199 Å². The highest BCUT2D eigenvalue weighted by molar-refractivity contribution is 8.07.